The standard InChI is InChI=1S/C31H29F3N6O4S.C2H6/c1-21(41)39-15-17-40(18-16-39)29(42)23-7-9-25(10-8-23)36-30-35-14-13-28(37-30)22-5-11-26(12-6-22)38-45(43,44)27-4-2-3-24(19-27)31(33,34)20-32;1-2/h2-14,19,38H,15-18,20H2,1H3,(H,35,36,37);1-2H3. The van der Waals surface area contributed by atoms with Gasteiger partial charge in [0, 0.05) is 67.4 Å². The lowest BCUT2D eigenvalue weighted by Crippen LogP contribution is -2.50. The van der Waals surface area contributed by atoms with Gasteiger partial charge in [-0.25, -0.2) is 22.8 Å². The van der Waals surface area contributed by atoms with Gasteiger partial charge in [0.2, 0.25) is 11.9 Å². The molecule has 0 bridgehead atoms. The monoisotopic (exact) mass is 668 g/mol. The molecule has 1 aliphatic heterocycles. The van der Waals surface area contributed by atoms with Crippen LogP contribution in [-0.4, -0.2) is 72.9 Å². The van der Waals surface area contributed by atoms with Gasteiger partial charge in [-0.15, -0.1) is 0 Å². The Kier molecular flexibility index (Phi) is 11.2. The number of amides is 2. The maximum Gasteiger partial charge on any atom is 0.301 e. The van der Waals surface area contributed by atoms with Gasteiger partial charge in [-0.2, -0.15) is 8.78 Å². The van der Waals surface area contributed by atoms with E-state index in [9.17, 15) is 31.2 Å². The summed E-state index contributed by atoms with van der Waals surface area (Å²) < 4.78 is 68.2. The fourth-order valence-corrected chi connectivity index (χ4v) is 5.81. The molecule has 1 saturated heterocycles. The molecule has 0 aliphatic carbocycles. The maximum absolute atomic E-state index is 13.7. The molecule has 14 heteroatoms. The second-order valence-corrected chi connectivity index (χ2v) is 12.0. The van der Waals surface area contributed by atoms with Gasteiger partial charge in [0.05, 0.1) is 10.6 Å². The molecule has 2 N–H and O–H groups in total. The van der Waals surface area contributed by atoms with Crippen LogP contribution in [0, 0.1) is 0 Å². The molecular weight excluding hydrogens is 633 g/mol. The zero-order chi connectivity index (χ0) is 34.2. The number of nitrogens with one attached hydrogen (secondary N) is 2. The van der Waals surface area contributed by atoms with E-state index in [1.54, 1.807) is 58.5 Å². The number of carbonyl (C=O) groups excluding carboxylic acids is 2. The van der Waals surface area contributed by atoms with E-state index in [1.165, 1.54) is 19.1 Å². The topological polar surface area (TPSA) is 125 Å². The first-order chi connectivity index (χ1) is 22.4. The summed E-state index contributed by atoms with van der Waals surface area (Å²) in [5, 5.41) is 3.10. The SMILES string of the molecule is CC.CC(=O)N1CCN(C(=O)c2ccc(Nc3nccc(-c4ccc(NS(=O)(=O)c5cccc(C(F)(F)CF)c5)cc4)n3)cc2)CC1. The maximum atomic E-state index is 13.7. The molecule has 0 saturated carbocycles. The first-order valence-electron chi connectivity index (χ1n) is 14.9. The van der Waals surface area contributed by atoms with Gasteiger partial charge < -0.3 is 15.1 Å². The highest BCUT2D eigenvalue weighted by Gasteiger charge is 2.32. The molecule has 5 rings (SSSR count). The van der Waals surface area contributed by atoms with E-state index in [0.29, 0.717) is 54.6 Å². The van der Waals surface area contributed by atoms with Crippen molar-refractivity contribution in [2.75, 3.05) is 42.9 Å². The van der Waals surface area contributed by atoms with Crippen LogP contribution in [0.1, 0.15) is 36.7 Å². The molecule has 0 atom stereocenters. The summed E-state index contributed by atoms with van der Waals surface area (Å²) in [5.74, 6) is -3.62. The largest absolute Gasteiger partial charge is 0.339 e. The molecule has 1 aliphatic rings. The first kappa shape index (κ1) is 34.9. The van der Waals surface area contributed by atoms with Crippen LogP contribution in [0.25, 0.3) is 11.3 Å². The third-order valence-electron chi connectivity index (χ3n) is 7.22. The molecule has 4 aromatic rings. The van der Waals surface area contributed by atoms with Crippen LogP contribution in [-0.2, 0) is 20.7 Å². The van der Waals surface area contributed by atoms with E-state index >= 15 is 0 Å². The van der Waals surface area contributed by atoms with Crippen LogP contribution in [0.4, 0.5) is 30.5 Å². The van der Waals surface area contributed by atoms with Gasteiger partial charge in [0.1, 0.15) is 0 Å². The molecule has 1 fully saturated rings. The number of sulfonamides is 1. The number of rotatable bonds is 9. The number of hydrogen-bond donors (Lipinski definition) is 2. The molecule has 2 amide bonds. The van der Waals surface area contributed by atoms with Gasteiger partial charge >= 0.3 is 5.92 Å². The average Bonchev–Trinajstić information content (AvgIpc) is 3.09. The molecule has 10 nitrogen and oxygen atoms in total. The van der Waals surface area contributed by atoms with E-state index in [1.807, 2.05) is 13.8 Å². The molecular formula is C33H35F3N6O4S. The van der Waals surface area contributed by atoms with Crippen molar-refractivity contribution in [3.8, 4) is 11.3 Å². The van der Waals surface area contributed by atoms with Gasteiger partial charge in [0.25, 0.3) is 15.9 Å². The number of carbonyl (C=O) groups is 2. The Morgan fingerprint density at radius 1 is 0.872 bits per heavy atom. The smallest absolute Gasteiger partial charge is 0.301 e. The van der Waals surface area contributed by atoms with Crippen LogP contribution in [0.3, 0.4) is 0 Å². The highest BCUT2D eigenvalue weighted by molar-refractivity contribution is 7.92. The molecule has 3 aromatic carbocycles. The second kappa shape index (κ2) is 15.1. The molecule has 0 spiro atoms. The van der Waals surface area contributed by atoms with Crippen molar-refractivity contribution >= 4 is 39.2 Å². The Morgan fingerprint density at radius 2 is 1.49 bits per heavy atom. The highest BCUT2D eigenvalue weighted by atomic mass is 32.2. The summed E-state index contributed by atoms with van der Waals surface area (Å²) in [7, 11) is -4.22. The third kappa shape index (κ3) is 8.64. The number of nitrogens with zero attached hydrogens (tertiary/aromatic N) is 4. The Balaban J connectivity index is 0.00000245. The predicted octanol–water partition coefficient (Wildman–Crippen LogP) is 6.08. The number of anilines is 3. The number of aromatic nitrogens is 2. The van der Waals surface area contributed by atoms with Crippen LogP contribution < -0.4 is 10.0 Å². The summed E-state index contributed by atoms with van der Waals surface area (Å²) in [6.07, 6.45) is 1.56. The van der Waals surface area contributed by atoms with E-state index in [4.69, 9.17) is 0 Å². The normalized spacial score (nSPS) is 13.3. The first-order valence-corrected chi connectivity index (χ1v) is 16.4. The summed E-state index contributed by atoms with van der Waals surface area (Å²) >= 11 is 0. The van der Waals surface area contributed by atoms with E-state index in [2.05, 4.69) is 20.0 Å². The van der Waals surface area contributed by atoms with Crippen LogP contribution in [0.2, 0.25) is 0 Å². The summed E-state index contributed by atoms with van der Waals surface area (Å²) in [4.78, 5) is 36.2. The lowest BCUT2D eigenvalue weighted by molar-refractivity contribution is -0.130. The summed E-state index contributed by atoms with van der Waals surface area (Å²) in [6, 6.07) is 18.8. The van der Waals surface area contributed by atoms with Crippen LogP contribution in [0.5, 0.6) is 0 Å². The zero-order valence-electron chi connectivity index (χ0n) is 26.1. The number of hydrogen-bond acceptors (Lipinski definition) is 7. The van der Waals surface area contributed by atoms with Crippen LogP contribution >= 0.6 is 0 Å². The highest BCUT2D eigenvalue weighted by Crippen LogP contribution is 2.30. The minimum absolute atomic E-state index is 0.00290. The van der Waals surface area contributed by atoms with Crippen LogP contribution in [0.15, 0.2) is 90.0 Å². The molecule has 0 unspecified atom stereocenters. The van der Waals surface area contributed by atoms with Crippen molar-refractivity contribution in [1.82, 2.24) is 19.8 Å². The Labute approximate surface area is 271 Å². The number of alkyl halides is 3. The van der Waals surface area contributed by atoms with Crippen molar-refractivity contribution in [3.05, 3.63) is 96.2 Å². The minimum atomic E-state index is -4.22. The quantitative estimate of drug-likeness (QED) is 0.222. The second-order valence-electron chi connectivity index (χ2n) is 10.3. The summed E-state index contributed by atoms with van der Waals surface area (Å²) in [5.41, 5.74) is 1.82. The molecule has 248 valence electrons. The third-order valence-corrected chi connectivity index (χ3v) is 8.60. The molecule has 1 aromatic heterocycles. The summed E-state index contributed by atoms with van der Waals surface area (Å²) in [6.45, 7) is 5.54. The number of halogens is 3. The van der Waals surface area contributed by atoms with E-state index in [-0.39, 0.29) is 17.5 Å². The lowest BCUT2D eigenvalue weighted by Gasteiger charge is -2.34. The van der Waals surface area contributed by atoms with Crippen molar-refractivity contribution in [1.29, 1.82) is 0 Å². The van der Waals surface area contributed by atoms with Gasteiger partial charge in [-0.05, 0) is 54.6 Å². The van der Waals surface area contributed by atoms with Gasteiger partial charge in [-0.1, -0.05) is 38.1 Å². The predicted molar refractivity (Wildman–Crippen MR) is 174 cm³/mol. The van der Waals surface area contributed by atoms with Crippen molar-refractivity contribution in [2.24, 2.45) is 0 Å². The number of benzene rings is 3. The van der Waals surface area contributed by atoms with E-state index < -0.39 is 33.1 Å². The molecule has 2 heterocycles. The van der Waals surface area contributed by atoms with Gasteiger partial charge in [0.15, 0.2) is 6.67 Å². The van der Waals surface area contributed by atoms with Gasteiger partial charge in [-0.3, -0.25) is 14.3 Å². The van der Waals surface area contributed by atoms with Crippen molar-refractivity contribution < 1.29 is 31.2 Å². The van der Waals surface area contributed by atoms with Crippen molar-refractivity contribution in [3.63, 3.8) is 0 Å². The molecule has 0 radical (unpaired) electrons. The fourth-order valence-electron chi connectivity index (χ4n) is 4.70. The zero-order valence-corrected chi connectivity index (χ0v) is 26.9. The Morgan fingerprint density at radius 3 is 2.11 bits per heavy atom. The van der Waals surface area contributed by atoms with Crippen molar-refractivity contribution in [2.45, 2.75) is 31.6 Å². The minimum Gasteiger partial charge on any atom is -0.339 e. The average molecular weight is 669 g/mol. The fraction of sp³-hybridized carbons (Fsp3) is 0.273. The number of piperazine rings is 1. The van der Waals surface area contributed by atoms with E-state index in [0.717, 1.165) is 24.3 Å². The lowest BCUT2D eigenvalue weighted by atomic mass is 10.1. The molecule has 47 heavy (non-hydrogen) atoms. The Bertz CT molecular complexity index is 1800. The Hall–Kier alpha value is -4.98.